The molecule has 1 saturated heterocycles. The normalized spacial score (nSPS) is 15.8. The highest BCUT2D eigenvalue weighted by Gasteiger charge is 2.30. The van der Waals surface area contributed by atoms with Gasteiger partial charge in [-0.25, -0.2) is 4.68 Å². The number of benzene rings is 2. The maximum atomic E-state index is 6.31. The molecule has 0 bridgehead atoms. The van der Waals surface area contributed by atoms with Crippen molar-refractivity contribution in [3.8, 4) is 11.3 Å². The van der Waals surface area contributed by atoms with Crippen molar-refractivity contribution >= 4 is 27.6 Å². The van der Waals surface area contributed by atoms with E-state index in [1.165, 1.54) is 5.56 Å². The van der Waals surface area contributed by atoms with Crippen LogP contribution in [0.15, 0.2) is 60.8 Å². The summed E-state index contributed by atoms with van der Waals surface area (Å²) in [5, 5.41) is 9.58. The summed E-state index contributed by atoms with van der Waals surface area (Å²) < 4.78 is 10.0. The van der Waals surface area contributed by atoms with Crippen LogP contribution in [-0.4, -0.2) is 37.8 Å². The van der Waals surface area contributed by atoms with Crippen LogP contribution in [0.2, 0.25) is 0 Å². The molecule has 7 nitrogen and oxygen atoms in total. The number of nitrogens with two attached hydrogens (primary N) is 1. The number of rotatable bonds is 4. The van der Waals surface area contributed by atoms with Gasteiger partial charge in [0, 0.05) is 43.1 Å². The van der Waals surface area contributed by atoms with E-state index in [0.29, 0.717) is 5.92 Å². The number of aryl methyl sites for hydroxylation is 2. The number of hydrogen-bond acceptors (Lipinski definition) is 5. The summed E-state index contributed by atoms with van der Waals surface area (Å²) >= 11 is 0. The predicted molar refractivity (Wildman–Crippen MR) is 135 cm³/mol. The molecule has 1 aliphatic rings. The van der Waals surface area contributed by atoms with Gasteiger partial charge in [-0.2, -0.15) is 0 Å². The van der Waals surface area contributed by atoms with E-state index >= 15 is 0 Å². The number of hydrogen-bond donors (Lipinski definition) is 1. The minimum absolute atomic E-state index is 0.148. The highest BCUT2D eigenvalue weighted by atomic mass is 16.5. The van der Waals surface area contributed by atoms with E-state index in [1.807, 2.05) is 30.9 Å². The fourth-order valence-electron chi connectivity index (χ4n) is 5.52. The molecule has 34 heavy (non-hydrogen) atoms. The molecule has 1 aliphatic heterocycles. The van der Waals surface area contributed by atoms with Crippen LogP contribution in [-0.2, 0) is 11.8 Å². The van der Waals surface area contributed by atoms with Gasteiger partial charge < -0.3 is 15.0 Å². The van der Waals surface area contributed by atoms with Gasteiger partial charge in [-0.3, -0.25) is 4.98 Å². The number of fused-ring (bicyclic) bond motifs is 3. The smallest absolute Gasteiger partial charge is 0.0960 e. The van der Waals surface area contributed by atoms with Gasteiger partial charge in [0.15, 0.2) is 0 Å². The first kappa shape index (κ1) is 20.9. The third kappa shape index (κ3) is 3.35. The van der Waals surface area contributed by atoms with Gasteiger partial charge in [-0.1, -0.05) is 35.5 Å². The lowest BCUT2D eigenvalue weighted by molar-refractivity contribution is 0.0553. The molecule has 5 aromatic rings. The topological polar surface area (TPSA) is 83.8 Å². The fourth-order valence-corrected chi connectivity index (χ4v) is 5.52. The number of aromatic nitrogens is 5. The molecule has 2 aromatic carbocycles. The molecule has 0 amide bonds. The number of anilines is 1. The lowest BCUT2D eigenvalue weighted by Gasteiger charge is -2.33. The van der Waals surface area contributed by atoms with Gasteiger partial charge in [0.2, 0.25) is 0 Å². The molecule has 0 spiro atoms. The third-order valence-corrected chi connectivity index (χ3v) is 7.06. The Morgan fingerprint density at radius 1 is 1.03 bits per heavy atom. The Kier molecular flexibility index (Phi) is 5.07. The van der Waals surface area contributed by atoms with E-state index in [1.54, 1.807) is 0 Å². The Hall–Kier alpha value is -3.71. The number of nitrogens with zero attached hydrogens (tertiary/aromatic N) is 5. The summed E-state index contributed by atoms with van der Waals surface area (Å²) in [6, 6.07) is 19.3. The first-order chi connectivity index (χ1) is 16.6. The second-order valence-corrected chi connectivity index (χ2v) is 9.19. The van der Waals surface area contributed by atoms with Crippen molar-refractivity contribution in [2.45, 2.75) is 25.8 Å². The van der Waals surface area contributed by atoms with E-state index in [4.69, 9.17) is 15.5 Å². The number of pyridine rings is 1. The van der Waals surface area contributed by atoms with Crippen molar-refractivity contribution in [3.05, 3.63) is 72.1 Å². The second kappa shape index (κ2) is 8.25. The minimum Gasteiger partial charge on any atom is -0.399 e. The number of ether oxygens (including phenoxy) is 1. The summed E-state index contributed by atoms with van der Waals surface area (Å²) in [6.07, 6.45) is 3.96. The average Bonchev–Trinajstić information content (AvgIpc) is 3.36. The van der Waals surface area contributed by atoms with Crippen molar-refractivity contribution in [2.75, 3.05) is 18.9 Å². The highest BCUT2D eigenvalue weighted by molar-refractivity contribution is 6.07. The Labute approximate surface area is 198 Å². The SMILES string of the molecule is Cc1nnn(C)c1-c1cnc2c3ccc(N)cc3n([C@H](c3ccccc3)C3CCOCC3)c2c1. The molecule has 2 N–H and O–H groups in total. The summed E-state index contributed by atoms with van der Waals surface area (Å²) in [4.78, 5) is 4.96. The largest absolute Gasteiger partial charge is 0.399 e. The second-order valence-electron chi connectivity index (χ2n) is 9.19. The highest BCUT2D eigenvalue weighted by Crippen LogP contribution is 2.41. The van der Waals surface area contributed by atoms with Crippen molar-refractivity contribution in [2.24, 2.45) is 13.0 Å². The van der Waals surface area contributed by atoms with Gasteiger partial charge in [0.05, 0.1) is 34.0 Å². The Morgan fingerprint density at radius 2 is 1.82 bits per heavy atom. The van der Waals surface area contributed by atoms with Gasteiger partial charge in [-0.05, 0) is 55.5 Å². The Balaban J connectivity index is 1.67. The Morgan fingerprint density at radius 3 is 2.56 bits per heavy atom. The zero-order chi connectivity index (χ0) is 23.2. The molecule has 4 heterocycles. The number of nitrogen functional groups attached to an aromatic ring is 1. The van der Waals surface area contributed by atoms with Crippen LogP contribution in [0.1, 0.15) is 30.1 Å². The van der Waals surface area contributed by atoms with E-state index in [-0.39, 0.29) is 6.04 Å². The molecule has 1 fully saturated rings. The predicted octanol–water partition coefficient (Wildman–Crippen LogP) is 4.89. The minimum atomic E-state index is 0.148. The molecule has 0 unspecified atom stereocenters. The fraction of sp³-hybridized carbons (Fsp3) is 0.296. The molecule has 3 aromatic heterocycles. The summed E-state index contributed by atoms with van der Waals surface area (Å²) in [5.74, 6) is 0.445. The van der Waals surface area contributed by atoms with Crippen LogP contribution < -0.4 is 5.73 Å². The molecule has 1 atom stereocenters. The van der Waals surface area contributed by atoms with Crippen LogP contribution in [0.4, 0.5) is 5.69 Å². The van der Waals surface area contributed by atoms with Crippen molar-refractivity contribution in [1.82, 2.24) is 24.5 Å². The van der Waals surface area contributed by atoms with Crippen LogP contribution in [0, 0.1) is 12.8 Å². The quantitative estimate of drug-likeness (QED) is 0.393. The van der Waals surface area contributed by atoms with E-state index in [0.717, 1.165) is 70.6 Å². The molecule has 0 saturated carbocycles. The van der Waals surface area contributed by atoms with Crippen LogP contribution in [0.5, 0.6) is 0 Å². The van der Waals surface area contributed by atoms with Gasteiger partial charge >= 0.3 is 0 Å². The zero-order valence-corrected chi connectivity index (χ0v) is 19.5. The van der Waals surface area contributed by atoms with Gasteiger partial charge in [0.1, 0.15) is 0 Å². The van der Waals surface area contributed by atoms with Crippen molar-refractivity contribution in [1.29, 1.82) is 0 Å². The molecular weight excluding hydrogens is 424 g/mol. The standard InChI is InChI=1S/C27H28N6O/c1-17-26(32(2)31-30-17)20-14-24-25(29-16-20)22-9-8-21(28)15-23(22)33(24)27(18-6-4-3-5-7-18)19-10-12-34-13-11-19/h3-9,14-16,19,27H,10-13,28H2,1-2H3/t27-/m1/s1. The molecular formula is C27H28N6O. The molecule has 7 heteroatoms. The van der Waals surface area contributed by atoms with Crippen LogP contribution in [0.3, 0.4) is 0 Å². The van der Waals surface area contributed by atoms with E-state index < -0.39 is 0 Å². The summed E-state index contributed by atoms with van der Waals surface area (Å²) in [5.41, 5.74) is 14.4. The average molecular weight is 453 g/mol. The maximum Gasteiger partial charge on any atom is 0.0960 e. The van der Waals surface area contributed by atoms with Crippen LogP contribution in [0.25, 0.3) is 33.2 Å². The first-order valence-corrected chi connectivity index (χ1v) is 11.8. The summed E-state index contributed by atoms with van der Waals surface area (Å²) in [6.45, 7) is 3.56. The molecule has 0 aliphatic carbocycles. The lowest BCUT2D eigenvalue weighted by Crippen LogP contribution is -2.26. The lowest BCUT2D eigenvalue weighted by atomic mass is 9.86. The maximum absolute atomic E-state index is 6.31. The van der Waals surface area contributed by atoms with Gasteiger partial charge in [-0.15, -0.1) is 5.10 Å². The molecule has 0 radical (unpaired) electrons. The van der Waals surface area contributed by atoms with Crippen molar-refractivity contribution in [3.63, 3.8) is 0 Å². The van der Waals surface area contributed by atoms with Crippen molar-refractivity contribution < 1.29 is 4.74 Å². The first-order valence-electron chi connectivity index (χ1n) is 11.8. The Bertz CT molecular complexity index is 1460. The molecule has 172 valence electrons. The van der Waals surface area contributed by atoms with E-state index in [2.05, 4.69) is 63.4 Å². The zero-order valence-electron chi connectivity index (χ0n) is 19.5. The van der Waals surface area contributed by atoms with Crippen LogP contribution >= 0.6 is 0 Å². The van der Waals surface area contributed by atoms with E-state index in [9.17, 15) is 0 Å². The van der Waals surface area contributed by atoms with Gasteiger partial charge in [0.25, 0.3) is 0 Å². The monoisotopic (exact) mass is 452 g/mol. The molecule has 6 rings (SSSR count). The summed E-state index contributed by atoms with van der Waals surface area (Å²) in [7, 11) is 1.92. The third-order valence-electron chi connectivity index (χ3n) is 7.06.